The van der Waals surface area contributed by atoms with E-state index in [1.807, 2.05) is 6.20 Å². The van der Waals surface area contributed by atoms with Crippen LogP contribution in [-0.2, 0) is 9.31 Å². The van der Waals surface area contributed by atoms with Crippen LogP contribution < -0.4 is 10.8 Å². The van der Waals surface area contributed by atoms with Crippen LogP contribution in [0.5, 0.6) is 0 Å². The number of aromatic nitrogens is 1. The lowest BCUT2D eigenvalue weighted by molar-refractivity contribution is 0.00578. The second-order valence-corrected chi connectivity index (χ2v) is 7.15. The van der Waals surface area contributed by atoms with Crippen LogP contribution in [0.25, 0.3) is 0 Å². The van der Waals surface area contributed by atoms with Gasteiger partial charge in [0.05, 0.1) is 11.2 Å². The SMILES string of the molecule is CC1(C)OB(c2ccc([C@@H]3CCCNC3)nc2)OC1(C)C. The summed E-state index contributed by atoms with van der Waals surface area (Å²) in [5.41, 5.74) is 1.57. The van der Waals surface area contributed by atoms with Crippen LogP contribution in [-0.4, -0.2) is 36.4 Å². The monoisotopic (exact) mass is 288 g/mol. The summed E-state index contributed by atoms with van der Waals surface area (Å²) in [6, 6.07) is 4.22. The molecule has 0 bridgehead atoms. The van der Waals surface area contributed by atoms with Gasteiger partial charge in [-0.15, -0.1) is 0 Å². The molecule has 1 atom stereocenters. The van der Waals surface area contributed by atoms with Crippen molar-refractivity contribution in [3.8, 4) is 0 Å². The fourth-order valence-electron chi connectivity index (χ4n) is 2.88. The van der Waals surface area contributed by atoms with Gasteiger partial charge in [0.15, 0.2) is 0 Å². The van der Waals surface area contributed by atoms with E-state index in [9.17, 15) is 0 Å². The molecule has 3 heterocycles. The van der Waals surface area contributed by atoms with Crippen molar-refractivity contribution in [3.63, 3.8) is 0 Å². The van der Waals surface area contributed by atoms with E-state index in [4.69, 9.17) is 9.31 Å². The van der Waals surface area contributed by atoms with Crippen LogP contribution in [0.1, 0.15) is 52.1 Å². The maximum absolute atomic E-state index is 6.06. The number of piperidine rings is 1. The Kier molecular flexibility index (Phi) is 3.84. The largest absolute Gasteiger partial charge is 0.496 e. The van der Waals surface area contributed by atoms with Crippen molar-refractivity contribution < 1.29 is 9.31 Å². The van der Waals surface area contributed by atoms with Gasteiger partial charge < -0.3 is 14.6 Å². The molecule has 5 heteroatoms. The molecule has 0 unspecified atom stereocenters. The summed E-state index contributed by atoms with van der Waals surface area (Å²) < 4.78 is 12.1. The smallest absolute Gasteiger partial charge is 0.399 e. The Bertz CT molecular complexity index is 480. The lowest BCUT2D eigenvalue weighted by atomic mass is 9.80. The molecule has 0 saturated carbocycles. The fraction of sp³-hybridized carbons (Fsp3) is 0.688. The van der Waals surface area contributed by atoms with E-state index in [0.717, 1.165) is 18.6 Å². The van der Waals surface area contributed by atoms with Crippen molar-refractivity contribution in [2.24, 2.45) is 0 Å². The van der Waals surface area contributed by atoms with Crippen LogP contribution in [0.4, 0.5) is 0 Å². The van der Waals surface area contributed by atoms with E-state index in [2.05, 4.69) is 50.1 Å². The minimum atomic E-state index is -0.318. The minimum Gasteiger partial charge on any atom is -0.399 e. The molecule has 1 N–H and O–H groups in total. The lowest BCUT2D eigenvalue weighted by Gasteiger charge is -2.32. The molecule has 0 aromatic carbocycles. The summed E-state index contributed by atoms with van der Waals surface area (Å²) in [6.07, 6.45) is 4.35. The first-order valence-electron chi connectivity index (χ1n) is 7.91. The maximum Gasteiger partial charge on any atom is 0.496 e. The summed E-state index contributed by atoms with van der Waals surface area (Å²) in [5.74, 6) is 0.533. The summed E-state index contributed by atoms with van der Waals surface area (Å²) in [5, 5.41) is 3.44. The first-order chi connectivity index (χ1) is 9.89. The molecule has 2 fully saturated rings. The second-order valence-electron chi connectivity index (χ2n) is 7.15. The molecule has 0 spiro atoms. The summed E-state index contributed by atoms with van der Waals surface area (Å²) >= 11 is 0. The van der Waals surface area contributed by atoms with Gasteiger partial charge in [-0.25, -0.2) is 0 Å². The van der Waals surface area contributed by atoms with E-state index < -0.39 is 0 Å². The highest BCUT2D eigenvalue weighted by atomic mass is 16.7. The topological polar surface area (TPSA) is 43.4 Å². The molecule has 2 aliphatic rings. The minimum absolute atomic E-state index is 0.302. The number of rotatable bonds is 2. The van der Waals surface area contributed by atoms with Gasteiger partial charge in [0, 0.05) is 29.8 Å². The van der Waals surface area contributed by atoms with E-state index in [-0.39, 0.29) is 18.3 Å². The molecular weight excluding hydrogens is 263 g/mol. The van der Waals surface area contributed by atoms with E-state index >= 15 is 0 Å². The molecule has 0 aliphatic carbocycles. The Morgan fingerprint density at radius 1 is 1.19 bits per heavy atom. The summed E-state index contributed by atoms with van der Waals surface area (Å²) in [6.45, 7) is 10.4. The molecule has 114 valence electrons. The van der Waals surface area contributed by atoms with Gasteiger partial charge in [0.1, 0.15) is 0 Å². The van der Waals surface area contributed by atoms with Crippen molar-refractivity contribution in [2.75, 3.05) is 13.1 Å². The molecule has 4 nitrogen and oxygen atoms in total. The number of nitrogens with zero attached hydrogens (tertiary/aromatic N) is 1. The number of nitrogens with one attached hydrogen (secondary N) is 1. The van der Waals surface area contributed by atoms with Gasteiger partial charge in [-0.1, -0.05) is 6.07 Å². The Morgan fingerprint density at radius 3 is 2.43 bits per heavy atom. The highest BCUT2D eigenvalue weighted by molar-refractivity contribution is 6.62. The van der Waals surface area contributed by atoms with Gasteiger partial charge in [-0.05, 0) is 53.1 Å². The Hall–Kier alpha value is -0.905. The first kappa shape index (κ1) is 15.0. The fourth-order valence-corrected chi connectivity index (χ4v) is 2.88. The molecule has 21 heavy (non-hydrogen) atoms. The molecule has 1 aromatic rings. The molecule has 2 aliphatic heterocycles. The van der Waals surface area contributed by atoms with Crippen LogP contribution in [0, 0.1) is 0 Å². The van der Waals surface area contributed by atoms with Gasteiger partial charge in [-0.3, -0.25) is 4.98 Å². The Morgan fingerprint density at radius 2 is 1.90 bits per heavy atom. The van der Waals surface area contributed by atoms with Crippen molar-refractivity contribution in [1.29, 1.82) is 0 Å². The molecule has 1 aromatic heterocycles. The quantitative estimate of drug-likeness (QED) is 0.843. The van der Waals surface area contributed by atoms with E-state index in [1.54, 1.807) is 0 Å². The van der Waals surface area contributed by atoms with E-state index in [0.29, 0.717) is 5.92 Å². The predicted molar refractivity (Wildman–Crippen MR) is 84.8 cm³/mol. The van der Waals surface area contributed by atoms with Crippen LogP contribution in [0.3, 0.4) is 0 Å². The Balaban J connectivity index is 1.73. The van der Waals surface area contributed by atoms with Crippen molar-refractivity contribution in [1.82, 2.24) is 10.3 Å². The molecule has 0 radical (unpaired) electrons. The number of hydrogen-bond donors (Lipinski definition) is 1. The highest BCUT2D eigenvalue weighted by Crippen LogP contribution is 2.36. The summed E-state index contributed by atoms with van der Waals surface area (Å²) in [7, 11) is -0.318. The second kappa shape index (κ2) is 5.38. The standard InChI is InChI=1S/C16H25BN2O2/c1-15(2)16(3,4)21-17(20-15)13-7-8-14(19-11-13)12-6-5-9-18-10-12/h7-8,11-12,18H,5-6,9-10H2,1-4H3/t12-/m1/s1. The molecular formula is C16H25BN2O2. The average molecular weight is 288 g/mol. The first-order valence-corrected chi connectivity index (χ1v) is 7.91. The zero-order chi connectivity index (χ0) is 15.1. The van der Waals surface area contributed by atoms with Gasteiger partial charge in [0.2, 0.25) is 0 Å². The third-order valence-electron chi connectivity index (χ3n) is 5.05. The molecule has 2 saturated heterocycles. The average Bonchev–Trinajstić information content (AvgIpc) is 2.69. The zero-order valence-corrected chi connectivity index (χ0v) is 13.5. The zero-order valence-electron chi connectivity index (χ0n) is 13.5. The van der Waals surface area contributed by atoms with Gasteiger partial charge >= 0.3 is 7.12 Å². The van der Waals surface area contributed by atoms with Crippen molar-refractivity contribution in [2.45, 2.75) is 57.7 Å². The van der Waals surface area contributed by atoms with E-state index in [1.165, 1.54) is 18.5 Å². The predicted octanol–water partition coefficient (Wildman–Crippen LogP) is 1.85. The third kappa shape index (κ3) is 2.87. The third-order valence-corrected chi connectivity index (χ3v) is 5.05. The lowest BCUT2D eigenvalue weighted by Crippen LogP contribution is -2.41. The number of hydrogen-bond acceptors (Lipinski definition) is 4. The summed E-state index contributed by atoms with van der Waals surface area (Å²) in [4.78, 5) is 4.64. The maximum atomic E-state index is 6.06. The van der Waals surface area contributed by atoms with Crippen LogP contribution >= 0.6 is 0 Å². The van der Waals surface area contributed by atoms with Crippen molar-refractivity contribution in [3.05, 3.63) is 24.0 Å². The number of pyridine rings is 1. The van der Waals surface area contributed by atoms with Crippen LogP contribution in [0.15, 0.2) is 18.3 Å². The van der Waals surface area contributed by atoms with Gasteiger partial charge in [0.25, 0.3) is 0 Å². The highest BCUT2D eigenvalue weighted by Gasteiger charge is 2.51. The van der Waals surface area contributed by atoms with Gasteiger partial charge in [-0.2, -0.15) is 0 Å². The molecule has 0 amide bonds. The Labute approximate surface area is 127 Å². The normalized spacial score (nSPS) is 27.8. The van der Waals surface area contributed by atoms with Crippen molar-refractivity contribution >= 4 is 12.6 Å². The van der Waals surface area contributed by atoms with Crippen LogP contribution in [0.2, 0.25) is 0 Å². The molecule has 3 rings (SSSR count).